The minimum atomic E-state index is -0.831. The number of anilines is 1. The summed E-state index contributed by atoms with van der Waals surface area (Å²) in [5.41, 5.74) is 3.82. The number of aliphatic hydroxyl groups excluding tert-OH is 2. The third-order valence-corrected chi connectivity index (χ3v) is 4.70. The summed E-state index contributed by atoms with van der Waals surface area (Å²) in [6.07, 6.45) is 5.13. The Morgan fingerprint density at radius 1 is 1.23 bits per heavy atom. The average Bonchev–Trinajstić information content (AvgIpc) is 3.12. The fourth-order valence-corrected chi connectivity index (χ4v) is 3.08. The van der Waals surface area contributed by atoms with Crippen LogP contribution in [0.4, 0.5) is 5.82 Å². The number of nitrogens with one attached hydrogen (secondary N) is 1. The first kappa shape index (κ1) is 18.3. The highest BCUT2D eigenvalue weighted by Gasteiger charge is 2.38. The van der Waals surface area contributed by atoms with Crippen LogP contribution in [0.2, 0.25) is 0 Å². The molecular weight excluding hydrogens is 332 g/mol. The third-order valence-electron chi connectivity index (χ3n) is 4.70. The van der Waals surface area contributed by atoms with Crippen LogP contribution >= 0.6 is 0 Å². The van der Waals surface area contributed by atoms with Gasteiger partial charge in [-0.15, -0.1) is 0 Å². The molecule has 3 rings (SSSR count). The van der Waals surface area contributed by atoms with Gasteiger partial charge >= 0.3 is 0 Å². The lowest BCUT2D eigenvalue weighted by molar-refractivity contribution is -0.0697. The lowest BCUT2D eigenvalue weighted by atomic mass is 9.90. The topological polar surface area (TPSA) is 99.9 Å². The molecule has 3 N–H and O–H groups in total. The van der Waals surface area contributed by atoms with Crippen molar-refractivity contribution in [3.63, 3.8) is 0 Å². The van der Waals surface area contributed by atoms with E-state index in [1.54, 1.807) is 19.4 Å². The predicted molar refractivity (Wildman–Crippen MR) is 100 cm³/mol. The van der Waals surface area contributed by atoms with Crippen molar-refractivity contribution in [3.8, 4) is 11.3 Å². The average molecular weight is 356 g/mol. The summed E-state index contributed by atoms with van der Waals surface area (Å²) in [4.78, 5) is 14.3. The molecule has 0 fully saturated rings. The van der Waals surface area contributed by atoms with Crippen LogP contribution in [0.5, 0.6) is 0 Å². The summed E-state index contributed by atoms with van der Waals surface area (Å²) >= 11 is 0. The van der Waals surface area contributed by atoms with Crippen molar-refractivity contribution in [3.05, 3.63) is 41.7 Å². The Balaban J connectivity index is 1.93. The van der Waals surface area contributed by atoms with Crippen molar-refractivity contribution in [1.29, 1.82) is 0 Å². The van der Waals surface area contributed by atoms with Gasteiger partial charge in [0.05, 0.1) is 30.4 Å². The number of hydrogen-bond donors (Lipinski definition) is 3. The molecule has 0 saturated carbocycles. The van der Waals surface area contributed by atoms with E-state index in [-0.39, 0.29) is 13.2 Å². The Morgan fingerprint density at radius 3 is 2.69 bits per heavy atom. The van der Waals surface area contributed by atoms with Gasteiger partial charge in [0.25, 0.3) is 0 Å². The number of nitrogens with zero attached hydrogens (tertiary/aromatic N) is 3. The molecule has 2 aromatic rings. The van der Waals surface area contributed by atoms with E-state index in [1.165, 1.54) is 5.56 Å². The number of aryl methyl sites for hydroxylation is 1. The molecule has 7 nitrogen and oxygen atoms in total. The zero-order valence-electron chi connectivity index (χ0n) is 15.1. The van der Waals surface area contributed by atoms with Gasteiger partial charge in [-0.1, -0.05) is 24.2 Å². The first-order chi connectivity index (χ1) is 12.6. The molecule has 7 heteroatoms. The molecule has 1 aliphatic heterocycles. The van der Waals surface area contributed by atoms with Crippen LogP contribution < -0.4 is 5.32 Å². The number of aromatic nitrogens is 2. The van der Waals surface area contributed by atoms with Gasteiger partial charge in [0.15, 0.2) is 5.60 Å². The first-order valence-corrected chi connectivity index (χ1v) is 8.75. The van der Waals surface area contributed by atoms with E-state index in [0.29, 0.717) is 18.7 Å². The van der Waals surface area contributed by atoms with Gasteiger partial charge in [0.2, 0.25) is 0 Å². The molecule has 26 heavy (non-hydrogen) atoms. The molecule has 0 amide bonds. The van der Waals surface area contributed by atoms with Crippen LogP contribution in [0.25, 0.3) is 11.3 Å². The van der Waals surface area contributed by atoms with Gasteiger partial charge in [-0.2, -0.15) is 0 Å². The Bertz CT molecular complexity index is 792. The van der Waals surface area contributed by atoms with E-state index >= 15 is 0 Å². The van der Waals surface area contributed by atoms with Crippen molar-refractivity contribution < 1.29 is 15.1 Å². The van der Waals surface area contributed by atoms with Crippen LogP contribution in [0.1, 0.15) is 30.9 Å². The maximum atomic E-state index is 9.64. The van der Waals surface area contributed by atoms with Gasteiger partial charge in [-0.05, 0) is 18.1 Å². The number of rotatable bonds is 7. The second-order valence-electron chi connectivity index (χ2n) is 6.38. The largest absolute Gasteiger partial charge is 0.396 e. The second-order valence-corrected chi connectivity index (χ2v) is 6.38. The van der Waals surface area contributed by atoms with Crippen molar-refractivity contribution in [2.75, 3.05) is 25.6 Å². The molecule has 1 atom stereocenters. The van der Waals surface area contributed by atoms with Crippen molar-refractivity contribution in [2.24, 2.45) is 5.16 Å². The molecule has 0 spiro atoms. The maximum absolute atomic E-state index is 9.64. The molecule has 0 aliphatic carbocycles. The molecule has 0 bridgehead atoms. The van der Waals surface area contributed by atoms with E-state index in [0.717, 1.165) is 29.0 Å². The van der Waals surface area contributed by atoms with Crippen molar-refractivity contribution in [1.82, 2.24) is 9.97 Å². The minimum absolute atomic E-state index is 0.0587. The van der Waals surface area contributed by atoms with Crippen LogP contribution in [-0.2, 0) is 11.3 Å². The Morgan fingerprint density at radius 2 is 2.08 bits per heavy atom. The molecule has 0 saturated heterocycles. The highest BCUT2D eigenvalue weighted by molar-refractivity contribution is 6.02. The van der Waals surface area contributed by atoms with E-state index < -0.39 is 5.60 Å². The smallest absolute Gasteiger partial charge is 0.168 e. The summed E-state index contributed by atoms with van der Waals surface area (Å²) in [7, 11) is 1.81. The van der Waals surface area contributed by atoms with Gasteiger partial charge in [0.1, 0.15) is 5.82 Å². The zero-order chi connectivity index (χ0) is 18.6. The van der Waals surface area contributed by atoms with Gasteiger partial charge in [-0.25, -0.2) is 4.98 Å². The fraction of sp³-hybridized carbons (Fsp3) is 0.421. The standard InChI is InChI=1S/C19H24N4O3/c1-3-13-4-5-14(16-9-19(12-25,6-7-24)26-23-16)8-15(13)17-10-22-18(20-2)11-21-17/h4-5,8,10-11,24-25H,3,6-7,9,12H2,1-2H3,(H,20,22). The number of hydrogen-bond acceptors (Lipinski definition) is 7. The molecule has 1 aromatic carbocycles. The fourth-order valence-electron chi connectivity index (χ4n) is 3.08. The van der Waals surface area contributed by atoms with Gasteiger partial charge < -0.3 is 20.4 Å². The molecule has 1 aliphatic rings. The predicted octanol–water partition coefficient (Wildman–Crippen LogP) is 1.99. The molecule has 0 radical (unpaired) electrons. The Hall–Kier alpha value is -2.51. The van der Waals surface area contributed by atoms with Gasteiger partial charge in [-0.3, -0.25) is 4.98 Å². The molecule has 1 aromatic heterocycles. The van der Waals surface area contributed by atoms with E-state index in [9.17, 15) is 10.2 Å². The molecule has 2 heterocycles. The zero-order valence-corrected chi connectivity index (χ0v) is 15.1. The van der Waals surface area contributed by atoms with E-state index in [1.807, 2.05) is 12.1 Å². The summed E-state index contributed by atoms with van der Waals surface area (Å²) in [6, 6.07) is 6.11. The summed E-state index contributed by atoms with van der Waals surface area (Å²) in [6.45, 7) is 1.86. The molecular formula is C19H24N4O3. The lowest BCUT2D eigenvalue weighted by Gasteiger charge is -2.22. The summed E-state index contributed by atoms with van der Waals surface area (Å²) in [5.74, 6) is 0.716. The third kappa shape index (κ3) is 3.54. The number of benzene rings is 1. The summed E-state index contributed by atoms with van der Waals surface area (Å²) < 4.78 is 0. The Kier molecular flexibility index (Phi) is 5.49. The van der Waals surface area contributed by atoms with E-state index in [4.69, 9.17) is 4.84 Å². The van der Waals surface area contributed by atoms with Crippen LogP contribution in [0.15, 0.2) is 35.7 Å². The van der Waals surface area contributed by atoms with Crippen LogP contribution in [0, 0.1) is 0 Å². The maximum Gasteiger partial charge on any atom is 0.168 e. The Labute approximate surface area is 152 Å². The monoisotopic (exact) mass is 356 g/mol. The van der Waals surface area contributed by atoms with Crippen molar-refractivity contribution >= 4 is 11.5 Å². The van der Waals surface area contributed by atoms with Crippen LogP contribution in [-0.4, -0.2) is 51.8 Å². The van der Waals surface area contributed by atoms with E-state index in [2.05, 4.69) is 33.4 Å². The van der Waals surface area contributed by atoms with Crippen molar-refractivity contribution in [2.45, 2.75) is 31.8 Å². The quantitative estimate of drug-likeness (QED) is 0.701. The van der Waals surface area contributed by atoms with Crippen LogP contribution in [0.3, 0.4) is 0 Å². The summed E-state index contributed by atoms with van der Waals surface area (Å²) in [5, 5.41) is 26.0. The SMILES string of the molecule is CCc1ccc(C2=NOC(CO)(CCO)C2)cc1-c1cnc(NC)cn1. The lowest BCUT2D eigenvalue weighted by Crippen LogP contribution is -2.34. The highest BCUT2D eigenvalue weighted by Crippen LogP contribution is 2.31. The first-order valence-electron chi connectivity index (χ1n) is 8.75. The number of aliphatic hydroxyl groups is 2. The minimum Gasteiger partial charge on any atom is -0.396 e. The van der Waals surface area contributed by atoms with Gasteiger partial charge in [0, 0.05) is 37.6 Å². The normalized spacial score (nSPS) is 19.2. The molecule has 1 unspecified atom stereocenters. The molecule has 138 valence electrons. The second kappa shape index (κ2) is 7.80. The number of oxime groups is 1. The highest BCUT2D eigenvalue weighted by atomic mass is 16.7.